The van der Waals surface area contributed by atoms with Gasteiger partial charge in [-0.05, 0) is 7.05 Å². The molecule has 1 aromatic rings. The number of rotatable bonds is 3. The molecule has 0 unspecified atom stereocenters. The monoisotopic (exact) mass is 181 g/mol. The van der Waals surface area contributed by atoms with E-state index >= 15 is 0 Å². The molecular formula is C10H19N3. The van der Waals surface area contributed by atoms with Crippen LogP contribution in [0.3, 0.4) is 0 Å². The van der Waals surface area contributed by atoms with Crippen LogP contribution in [0.1, 0.15) is 26.5 Å². The smallest absolute Gasteiger partial charge is 0.0950 e. The van der Waals surface area contributed by atoms with Gasteiger partial charge in [-0.2, -0.15) is 0 Å². The van der Waals surface area contributed by atoms with Crippen LogP contribution in [0.25, 0.3) is 0 Å². The minimum Gasteiger partial charge on any atom is -0.336 e. The molecule has 1 rings (SSSR count). The van der Waals surface area contributed by atoms with Crippen LogP contribution in [-0.2, 0) is 12.0 Å². The fourth-order valence-corrected chi connectivity index (χ4v) is 1.11. The van der Waals surface area contributed by atoms with E-state index in [0.717, 1.165) is 18.8 Å². The Morgan fingerprint density at radius 2 is 2.15 bits per heavy atom. The highest BCUT2D eigenvalue weighted by atomic mass is 15.1. The molecule has 13 heavy (non-hydrogen) atoms. The van der Waals surface area contributed by atoms with E-state index in [1.165, 1.54) is 0 Å². The fraction of sp³-hybridized carbons (Fsp3) is 0.700. The lowest BCUT2D eigenvalue weighted by Crippen LogP contribution is -2.14. The molecule has 0 spiro atoms. The first-order chi connectivity index (χ1) is 6.04. The summed E-state index contributed by atoms with van der Waals surface area (Å²) in [6, 6.07) is 0. The molecule has 0 saturated heterocycles. The lowest BCUT2D eigenvalue weighted by atomic mass is 9.93. The van der Waals surface area contributed by atoms with Gasteiger partial charge in [0.15, 0.2) is 0 Å². The van der Waals surface area contributed by atoms with E-state index in [0.29, 0.717) is 0 Å². The summed E-state index contributed by atoms with van der Waals surface area (Å²) in [6.07, 6.45) is 4.02. The molecule has 0 fully saturated rings. The van der Waals surface area contributed by atoms with E-state index in [-0.39, 0.29) is 5.41 Å². The van der Waals surface area contributed by atoms with E-state index in [2.05, 4.69) is 41.8 Å². The van der Waals surface area contributed by atoms with E-state index in [9.17, 15) is 0 Å². The van der Waals surface area contributed by atoms with Gasteiger partial charge in [-0.3, -0.25) is 0 Å². The van der Waals surface area contributed by atoms with Crippen LogP contribution >= 0.6 is 0 Å². The zero-order chi connectivity index (χ0) is 9.90. The first kappa shape index (κ1) is 10.3. The van der Waals surface area contributed by atoms with Crippen molar-refractivity contribution in [1.82, 2.24) is 14.9 Å². The van der Waals surface area contributed by atoms with Gasteiger partial charge in [-0.1, -0.05) is 20.8 Å². The van der Waals surface area contributed by atoms with Gasteiger partial charge in [0.25, 0.3) is 0 Å². The molecule has 74 valence electrons. The molecular weight excluding hydrogens is 162 g/mol. The maximum atomic E-state index is 4.38. The number of aromatic nitrogens is 2. The van der Waals surface area contributed by atoms with E-state index in [1.54, 1.807) is 0 Å². The Labute approximate surface area is 80.2 Å². The van der Waals surface area contributed by atoms with Gasteiger partial charge in [-0.15, -0.1) is 0 Å². The number of likely N-dealkylation sites (N-methyl/N-ethyl adjacent to an activating group) is 1. The Morgan fingerprint density at radius 3 is 2.62 bits per heavy atom. The second kappa shape index (κ2) is 3.92. The van der Waals surface area contributed by atoms with Gasteiger partial charge in [-0.25, -0.2) is 4.98 Å². The molecule has 3 nitrogen and oxygen atoms in total. The largest absolute Gasteiger partial charge is 0.336 e. The van der Waals surface area contributed by atoms with Crippen LogP contribution in [0.2, 0.25) is 0 Å². The molecule has 0 saturated carbocycles. The average Bonchev–Trinajstić information content (AvgIpc) is 2.47. The molecule has 0 atom stereocenters. The van der Waals surface area contributed by atoms with Gasteiger partial charge in [0.2, 0.25) is 0 Å². The summed E-state index contributed by atoms with van der Waals surface area (Å²) < 4.78 is 2.12. The Kier molecular flexibility index (Phi) is 3.09. The topological polar surface area (TPSA) is 29.9 Å². The van der Waals surface area contributed by atoms with E-state index in [4.69, 9.17) is 0 Å². The number of nitrogens with one attached hydrogen (secondary N) is 1. The number of hydrogen-bond acceptors (Lipinski definition) is 2. The second-order valence-electron chi connectivity index (χ2n) is 4.35. The first-order valence-corrected chi connectivity index (χ1v) is 4.71. The molecule has 0 aliphatic carbocycles. The number of nitrogens with zero attached hydrogens (tertiary/aromatic N) is 2. The molecule has 0 amide bonds. The summed E-state index contributed by atoms with van der Waals surface area (Å²) in [7, 11) is 1.96. The molecule has 1 N–H and O–H groups in total. The summed E-state index contributed by atoms with van der Waals surface area (Å²) in [5.74, 6) is 0. The van der Waals surface area contributed by atoms with Crippen LogP contribution in [0.4, 0.5) is 0 Å². The third-order valence-electron chi connectivity index (χ3n) is 2.02. The zero-order valence-electron chi connectivity index (χ0n) is 8.96. The Balaban J connectivity index is 2.64. The standard InChI is InChI=1S/C10H19N3/c1-10(2,3)9-7-13(8-12-9)6-5-11-4/h7-8,11H,5-6H2,1-4H3. The average molecular weight is 181 g/mol. The zero-order valence-corrected chi connectivity index (χ0v) is 8.96. The van der Waals surface area contributed by atoms with Gasteiger partial charge >= 0.3 is 0 Å². The third-order valence-corrected chi connectivity index (χ3v) is 2.02. The van der Waals surface area contributed by atoms with Crippen molar-refractivity contribution in [2.75, 3.05) is 13.6 Å². The molecule has 0 aromatic carbocycles. The quantitative estimate of drug-likeness (QED) is 0.764. The highest BCUT2D eigenvalue weighted by Gasteiger charge is 2.16. The SMILES string of the molecule is CNCCn1cnc(C(C)(C)C)c1. The van der Waals surface area contributed by atoms with Crippen molar-refractivity contribution in [1.29, 1.82) is 0 Å². The van der Waals surface area contributed by atoms with Crippen molar-refractivity contribution >= 4 is 0 Å². The summed E-state index contributed by atoms with van der Waals surface area (Å²) >= 11 is 0. The highest BCUT2D eigenvalue weighted by molar-refractivity contribution is 5.08. The van der Waals surface area contributed by atoms with Gasteiger partial charge in [0, 0.05) is 24.7 Å². The van der Waals surface area contributed by atoms with Crippen LogP contribution < -0.4 is 5.32 Å². The lowest BCUT2D eigenvalue weighted by molar-refractivity contribution is 0.569. The van der Waals surface area contributed by atoms with E-state index in [1.807, 2.05) is 13.4 Å². The molecule has 3 heteroatoms. The van der Waals surface area contributed by atoms with Crippen molar-refractivity contribution < 1.29 is 0 Å². The van der Waals surface area contributed by atoms with Crippen LogP contribution in [-0.4, -0.2) is 23.1 Å². The van der Waals surface area contributed by atoms with Crippen molar-refractivity contribution in [3.63, 3.8) is 0 Å². The summed E-state index contributed by atoms with van der Waals surface area (Å²) in [4.78, 5) is 4.38. The minimum atomic E-state index is 0.158. The maximum Gasteiger partial charge on any atom is 0.0950 e. The van der Waals surface area contributed by atoms with Crippen molar-refractivity contribution in [3.05, 3.63) is 18.2 Å². The van der Waals surface area contributed by atoms with Crippen LogP contribution in [0.5, 0.6) is 0 Å². The normalized spacial score (nSPS) is 12.0. The van der Waals surface area contributed by atoms with E-state index < -0.39 is 0 Å². The summed E-state index contributed by atoms with van der Waals surface area (Å²) in [6.45, 7) is 8.51. The minimum absolute atomic E-state index is 0.158. The van der Waals surface area contributed by atoms with Crippen LogP contribution in [0, 0.1) is 0 Å². The van der Waals surface area contributed by atoms with Crippen LogP contribution in [0.15, 0.2) is 12.5 Å². The molecule has 0 bridgehead atoms. The predicted molar refractivity (Wildman–Crippen MR) is 54.9 cm³/mol. The van der Waals surface area contributed by atoms with Crippen molar-refractivity contribution in [2.24, 2.45) is 0 Å². The van der Waals surface area contributed by atoms with Gasteiger partial charge in [0.05, 0.1) is 12.0 Å². The Morgan fingerprint density at radius 1 is 1.46 bits per heavy atom. The highest BCUT2D eigenvalue weighted by Crippen LogP contribution is 2.19. The molecule has 1 heterocycles. The molecule has 0 radical (unpaired) electrons. The van der Waals surface area contributed by atoms with Crippen molar-refractivity contribution in [2.45, 2.75) is 32.7 Å². The van der Waals surface area contributed by atoms with Gasteiger partial charge in [0.1, 0.15) is 0 Å². The Bertz CT molecular complexity index is 257. The van der Waals surface area contributed by atoms with Gasteiger partial charge < -0.3 is 9.88 Å². The number of imidazole rings is 1. The van der Waals surface area contributed by atoms with Crippen molar-refractivity contribution in [3.8, 4) is 0 Å². The molecule has 1 aromatic heterocycles. The number of hydrogen-bond donors (Lipinski definition) is 1. The lowest BCUT2D eigenvalue weighted by Gasteiger charge is -2.14. The third kappa shape index (κ3) is 2.84. The maximum absolute atomic E-state index is 4.38. The Hall–Kier alpha value is -0.830. The fourth-order valence-electron chi connectivity index (χ4n) is 1.11. The first-order valence-electron chi connectivity index (χ1n) is 4.71. The second-order valence-corrected chi connectivity index (χ2v) is 4.35. The predicted octanol–water partition coefficient (Wildman–Crippen LogP) is 1.40. The molecule has 0 aliphatic heterocycles. The summed E-state index contributed by atoms with van der Waals surface area (Å²) in [5.41, 5.74) is 1.31. The molecule has 0 aliphatic rings. The summed E-state index contributed by atoms with van der Waals surface area (Å²) in [5, 5.41) is 3.12.